The van der Waals surface area contributed by atoms with E-state index >= 15 is 0 Å². The standard InChI is InChI=1S/C17H24N2O/c1-2-20-12-6-11-18-16-10-5-8-14-13-7-3-4-9-15(13)19-17(14)16/h3-4,7,9,16,18-19H,2,5-6,8,10-12H2,1H3. The topological polar surface area (TPSA) is 37.0 Å². The molecular weight excluding hydrogens is 248 g/mol. The van der Waals surface area contributed by atoms with Crippen molar-refractivity contribution in [1.82, 2.24) is 10.3 Å². The Bertz CT molecular complexity index is 561. The summed E-state index contributed by atoms with van der Waals surface area (Å²) in [5.74, 6) is 0. The molecule has 0 saturated carbocycles. The van der Waals surface area contributed by atoms with Gasteiger partial charge in [0, 0.05) is 35.9 Å². The first-order chi connectivity index (χ1) is 9.90. The maximum atomic E-state index is 5.39. The molecule has 0 aliphatic heterocycles. The Morgan fingerprint density at radius 3 is 3.15 bits per heavy atom. The molecule has 1 aliphatic carbocycles. The Kier molecular flexibility index (Phi) is 4.38. The van der Waals surface area contributed by atoms with Crippen LogP contribution < -0.4 is 5.32 Å². The van der Waals surface area contributed by atoms with Crippen molar-refractivity contribution in [1.29, 1.82) is 0 Å². The largest absolute Gasteiger partial charge is 0.382 e. The molecule has 108 valence electrons. The third-order valence-corrected chi connectivity index (χ3v) is 4.17. The highest BCUT2D eigenvalue weighted by Gasteiger charge is 2.23. The normalized spacial score (nSPS) is 18.4. The minimum Gasteiger partial charge on any atom is -0.382 e. The van der Waals surface area contributed by atoms with Gasteiger partial charge in [0.2, 0.25) is 0 Å². The lowest BCUT2D eigenvalue weighted by atomic mass is 9.91. The van der Waals surface area contributed by atoms with E-state index in [1.165, 1.54) is 41.4 Å². The summed E-state index contributed by atoms with van der Waals surface area (Å²) in [5.41, 5.74) is 4.21. The van der Waals surface area contributed by atoms with Gasteiger partial charge < -0.3 is 15.0 Å². The molecule has 1 aromatic carbocycles. The molecule has 0 radical (unpaired) electrons. The van der Waals surface area contributed by atoms with Crippen LogP contribution in [0.25, 0.3) is 10.9 Å². The number of aromatic nitrogens is 1. The van der Waals surface area contributed by atoms with Crippen LogP contribution in [0.4, 0.5) is 0 Å². The van der Waals surface area contributed by atoms with Crippen molar-refractivity contribution in [2.75, 3.05) is 19.8 Å². The fourth-order valence-corrected chi connectivity index (χ4v) is 3.21. The Hall–Kier alpha value is -1.32. The lowest BCUT2D eigenvalue weighted by Gasteiger charge is -2.24. The van der Waals surface area contributed by atoms with Gasteiger partial charge in [-0.1, -0.05) is 18.2 Å². The number of rotatable bonds is 6. The van der Waals surface area contributed by atoms with Crippen molar-refractivity contribution in [2.24, 2.45) is 0 Å². The molecule has 3 rings (SSSR count). The number of benzene rings is 1. The summed E-state index contributed by atoms with van der Waals surface area (Å²) < 4.78 is 5.39. The summed E-state index contributed by atoms with van der Waals surface area (Å²) >= 11 is 0. The Morgan fingerprint density at radius 2 is 2.25 bits per heavy atom. The Morgan fingerprint density at radius 1 is 1.35 bits per heavy atom. The molecule has 1 aromatic heterocycles. The molecule has 2 aromatic rings. The zero-order valence-corrected chi connectivity index (χ0v) is 12.2. The van der Waals surface area contributed by atoms with Crippen LogP contribution in [-0.4, -0.2) is 24.7 Å². The predicted octanol–water partition coefficient (Wildman–Crippen LogP) is 3.56. The van der Waals surface area contributed by atoms with Gasteiger partial charge in [0.15, 0.2) is 0 Å². The molecule has 3 heteroatoms. The molecule has 0 bridgehead atoms. The molecule has 0 fully saturated rings. The number of H-pyrrole nitrogens is 1. The van der Waals surface area contributed by atoms with Crippen molar-refractivity contribution >= 4 is 10.9 Å². The van der Waals surface area contributed by atoms with E-state index in [-0.39, 0.29) is 0 Å². The number of para-hydroxylation sites is 1. The zero-order valence-electron chi connectivity index (χ0n) is 12.2. The smallest absolute Gasteiger partial charge is 0.0477 e. The van der Waals surface area contributed by atoms with Crippen molar-refractivity contribution in [3.8, 4) is 0 Å². The minimum absolute atomic E-state index is 0.479. The number of ether oxygens (including phenoxy) is 1. The molecule has 1 unspecified atom stereocenters. The zero-order chi connectivity index (χ0) is 13.8. The van der Waals surface area contributed by atoms with Crippen molar-refractivity contribution in [3.63, 3.8) is 0 Å². The van der Waals surface area contributed by atoms with Gasteiger partial charge in [-0.15, -0.1) is 0 Å². The second kappa shape index (κ2) is 6.42. The first kappa shape index (κ1) is 13.7. The van der Waals surface area contributed by atoms with Gasteiger partial charge >= 0.3 is 0 Å². The average Bonchev–Trinajstić information content (AvgIpc) is 2.87. The molecule has 0 amide bonds. The predicted molar refractivity (Wildman–Crippen MR) is 83.1 cm³/mol. The molecule has 3 nitrogen and oxygen atoms in total. The van der Waals surface area contributed by atoms with Gasteiger partial charge in [-0.25, -0.2) is 0 Å². The average molecular weight is 272 g/mol. The summed E-state index contributed by atoms with van der Waals surface area (Å²) in [6, 6.07) is 9.14. The first-order valence-electron chi connectivity index (χ1n) is 7.80. The van der Waals surface area contributed by atoms with Crippen LogP contribution in [0.15, 0.2) is 24.3 Å². The summed E-state index contributed by atoms with van der Waals surface area (Å²) in [6.07, 6.45) is 4.79. The lowest BCUT2D eigenvalue weighted by Crippen LogP contribution is -2.26. The number of aromatic amines is 1. The third-order valence-electron chi connectivity index (χ3n) is 4.17. The van der Waals surface area contributed by atoms with Crippen molar-refractivity contribution in [2.45, 2.75) is 38.6 Å². The summed E-state index contributed by atoms with van der Waals surface area (Å²) in [4.78, 5) is 3.62. The second-order valence-electron chi connectivity index (χ2n) is 5.51. The SMILES string of the molecule is CCOCCCNC1CCCc2c1[nH]c1ccccc21. The highest BCUT2D eigenvalue weighted by atomic mass is 16.5. The fourth-order valence-electron chi connectivity index (χ4n) is 3.21. The van der Waals surface area contributed by atoms with Crippen LogP contribution >= 0.6 is 0 Å². The minimum atomic E-state index is 0.479. The molecule has 1 aliphatic rings. The molecule has 1 heterocycles. The maximum absolute atomic E-state index is 5.39. The van der Waals surface area contributed by atoms with Crippen LogP contribution in [0.3, 0.4) is 0 Å². The van der Waals surface area contributed by atoms with E-state index in [9.17, 15) is 0 Å². The van der Waals surface area contributed by atoms with Crippen molar-refractivity contribution in [3.05, 3.63) is 35.5 Å². The van der Waals surface area contributed by atoms with E-state index in [0.29, 0.717) is 6.04 Å². The van der Waals surface area contributed by atoms with Crippen LogP contribution in [0.1, 0.15) is 43.5 Å². The van der Waals surface area contributed by atoms with Crippen LogP contribution in [0.5, 0.6) is 0 Å². The fraction of sp³-hybridized carbons (Fsp3) is 0.529. The van der Waals surface area contributed by atoms with E-state index in [0.717, 1.165) is 26.2 Å². The van der Waals surface area contributed by atoms with Crippen LogP contribution in [0.2, 0.25) is 0 Å². The number of hydrogen-bond acceptors (Lipinski definition) is 2. The molecule has 1 atom stereocenters. The van der Waals surface area contributed by atoms with Crippen molar-refractivity contribution < 1.29 is 4.74 Å². The number of fused-ring (bicyclic) bond motifs is 3. The molecule has 20 heavy (non-hydrogen) atoms. The molecule has 0 saturated heterocycles. The van der Waals surface area contributed by atoms with Crippen LogP contribution in [-0.2, 0) is 11.2 Å². The van der Waals surface area contributed by atoms with Crippen LogP contribution in [0, 0.1) is 0 Å². The lowest BCUT2D eigenvalue weighted by molar-refractivity contribution is 0.144. The van der Waals surface area contributed by atoms with E-state index < -0.39 is 0 Å². The summed E-state index contributed by atoms with van der Waals surface area (Å²) in [7, 11) is 0. The highest BCUT2D eigenvalue weighted by Crippen LogP contribution is 2.34. The first-order valence-corrected chi connectivity index (χ1v) is 7.80. The van der Waals surface area contributed by atoms with Gasteiger partial charge in [0.05, 0.1) is 0 Å². The maximum Gasteiger partial charge on any atom is 0.0477 e. The van der Waals surface area contributed by atoms with Gasteiger partial charge in [0.25, 0.3) is 0 Å². The quantitative estimate of drug-likeness (QED) is 0.789. The highest BCUT2D eigenvalue weighted by molar-refractivity contribution is 5.85. The monoisotopic (exact) mass is 272 g/mol. The summed E-state index contributed by atoms with van der Waals surface area (Å²) in [5, 5.41) is 5.09. The van der Waals surface area contributed by atoms with E-state index in [2.05, 4.69) is 34.6 Å². The Labute approximate surface area is 120 Å². The van der Waals surface area contributed by atoms with E-state index in [1.54, 1.807) is 0 Å². The molecular formula is C17H24N2O. The van der Waals surface area contributed by atoms with Gasteiger partial charge in [-0.05, 0) is 50.8 Å². The van der Waals surface area contributed by atoms with Gasteiger partial charge in [-0.2, -0.15) is 0 Å². The van der Waals surface area contributed by atoms with Gasteiger partial charge in [-0.3, -0.25) is 0 Å². The summed E-state index contributed by atoms with van der Waals surface area (Å²) in [6.45, 7) is 4.75. The second-order valence-corrected chi connectivity index (χ2v) is 5.51. The number of nitrogens with one attached hydrogen (secondary N) is 2. The number of aryl methyl sites for hydroxylation is 1. The third kappa shape index (κ3) is 2.74. The van der Waals surface area contributed by atoms with E-state index in [4.69, 9.17) is 4.74 Å². The van der Waals surface area contributed by atoms with E-state index in [1.807, 2.05) is 6.92 Å². The molecule has 2 N–H and O–H groups in total. The number of hydrogen-bond donors (Lipinski definition) is 2. The Balaban J connectivity index is 1.70. The van der Waals surface area contributed by atoms with Gasteiger partial charge in [0.1, 0.15) is 0 Å². The molecule has 0 spiro atoms.